The first-order chi connectivity index (χ1) is 6.34. The Kier molecular flexibility index (Phi) is 3.67. The van der Waals surface area contributed by atoms with E-state index in [-0.39, 0.29) is 0 Å². The van der Waals surface area contributed by atoms with Crippen LogP contribution in [0.15, 0.2) is 0 Å². The van der Waals surface area contributed by atoms with Crippen LogP contribution in [0.1, 0.15) is 38.5 Å². The van der Waals surface area contributed by atoms with Gasteiger partial charge in [0.1, 0.15) is 0 Å². The average molecular weight is 246 g/mol. The number of alkyl halides is 1. The van der Waals surface area contributed by atoms with Crippen molar-refractivity contribution in [1.82, 2.24) is 4.90 Å². The zero-order valence-corrected chi connectivity index (χ0v) is 9.93. The van der Waals surface area contributed by atoms with Crippen LogP contribution in [-0.2, 0) is 0 Å². The van der Waals surface area contributed by atoms with Gasteiger partial charge in [-0.25, -0.2) is 0 Å². The zero-order chi connectivity index (χ0) is 9.10. The van der Waals surface area contributed by atoms with Crippen LogP contribution in [0.25, 0.3) is 0 Å². The molecule has 1 saturated heterocycles. The highest BCUT2D eigenvalue weighted by Gasteiger charge is 2.23. The molecule has 1 nitrogen and oxygen atoms in total. The first kappa shape index (κ1) is 9.97. The molecule has 1 aliphatic heterocycles. The summed E-state index contributed by atoms with van der Waals surface area (Å²) in [6.07, 6.45) is 8.78. The lowest BCUT2D eigenvalue weighted by atomic mass is 9.89. The second-order valence-electron chi connectivity index (χ2n) is 4.65. The number of hydrogen-bond acceptors (Lipinski definition) is 1. The van der Waals surface area contributed by atoms with E-state index >= 15 is 0 Å². The molecule has 13 heavy (non-hydrogen) atoms. The van der Waals surface area contributed by atoms with Gasteiger partial charge < -0.3 is 4.90 Å². The van der Waals surface area contributed by atoms with Crippen molar-refractivity contribution >= 4 is 15.9 Å². The molecule has 2 rings (SSSR count). The second kappa shape index (κ2) is 4.79. The van der Waals surface area contributed by atoms with Gasteiger partial charge in [0.05, 0.1) is 0 Å². The van der Waals surface area contributed by atoms with E-state index in [2.05, 4.69) is 20.8 Å². The lowest BCUT2D eigenvalue weighted by molar-refractivity contribution is 0.234. The van der Waals surface area contributed by atoms with Gasteiger partial charge in [-0.15, -0.1) is 0 Å². The third-order valence-corrected chi connectivity index (χ3v) is 4.20. The summed E-state index contributed by atoms with van der Waals surface area (Å²) in [7, 11) is 0. The fraction of sp³-hybridized carbons (Fsp3) is 1.00. The van der Waals surface area contributed by atoms with Crippen LogP contribution in [0.4, 0.5) is 0 Å². The highest BCUT2D eigenvalue weighted by atomic mass is 79.9. The number of likely N-dealkylation sites (tertiary alicyclic amines) is 1. The number of halogens is 1. The molecule has 2 heteroatoms. The van der Waals surface area contributed by atoms with E-state index in [0.29, 0.717) is 0 Å². The number of hydrogen-bond donors (Lipinski definition) is 0. The summed E-state index contributed by atoms with van der Waals surface area (Å²) in [4.78, 5) is 3.42. The van der Waals surface area contributed by atoms with Gasteiger partial charge in [-0.1, -0.05) is 35.2 Å². The van der Waals surface area contributed by atoms with E-state index in [9.17, 15) is 0 Å². The molecule has 0 aromatic rings. The van der Waals surface area contributed by atoms with Crippen LogP contribution in [0.3, 0.4) is 0 Å². The third kappa shape index (κ3) is 2.95. The summed E-state index contributed by atoms with van der Waals surface area (Å²) in [6.45, 7) is 3.99. The quantitative estimate of drug-likeness (QED) is 0.677. The monoisotopic (exact) mass is 245 g/mol. The van der Waals surface area contributed by atoms with Crippen LogP contribution in [-0.4, -0.2) is 29.4 Å². The molecule has 0 bridgehead atoms. The topological polar surface area (TPSA) is 3.24 Å². The molecule has 1 heterocycles. The minimum Gasteiger partial charge on any atom is -0.302 e. The van der Waals surface area contributed by atoms with E-state index in [1.807, 2.05) is 0 Å². The standard InChI is InChI=1S/C11H20BrN/c12-11-6-7-13(9-11)8-10-4-2-1-3-5-10/h10-11H,1-9H2. The lowest BCUT2D eigenvalue weighted by Crippen LogP contribution is -2.28. The molecule has 1 saturated carbocycles. The van der Waals surface area contributed by atoms with E-state index in [1.54, 1.807) is 0 Å². The maximum Gasteiger partial charge on any atom is 0.0285 e. The van der Waals surface area contributed by atoms with Crippen molar-refractivity contribution in [3.63, 3.8) is 0 Å². The maximum atomic E-state index is 3.70. The minimum atomic E-state index is 0.774. The predicted octanol–water partition coefficient (Wildman–Crippen LogP) is 3.04. The van der Waals surface area contributed by atoms with Gasteiger partial charge in [0.25, 0.3) is 0 Å². The van der Waals surface area contributed by atoms with Crippen molar-refractivity contribution in [3.8, 4) is 0 Å². The summed E-state index contributed by atoms with van der Waals surface area (Å²) in [5.41, 5.74) is 0. The summed E-state index contributed by atoms with van der Waals surface area (Å²) < 4.78 is 0. The van der Waals surface area contributed by atoms with Crippen molar-refractivity contribution < 1.29 is 0 Å². The molecule has 76 valence electrons. The molecule has 1 atom stereocenters. The highest BCUT2D eigenvalue weighted by molar-refractivity contribution is 9.09. The van der Waals surface area contributed by atoms with Crippen molar-refractivity contribution in [2.75, 3.05) is 19.6 Å². The van der Waals surface area contributed by atoms with Gasteiger partial charge in [-0.2, -0.15) is 0 Å². The first-order valence-corrected chi connectivity index (χ1v) is 6.62. The summed E-state index contributed by atoms with van der Waals surface area (Å²) in [6, 6.07) is 0. The van der Waals surface area contributed by atoms with Crippen molar-refractivity contribution in [1.29, 1.82) is 0 Å². The van der Waals surface area contributed by atoms with Crippen LogP contribution < -0.4 is 0 Å². The summed E-state index contributed by atoms with van der Waals surface area (Å²) >= 11 is 3.70. The molecular weight excluding hydrogens is 226 g/mol. The molecule has 0 amide bonds. The highest BCUT2D eigenvalue weighted by Crippen LogP contribution is 2.26. The Hall–Kier alpha value is 0.440. The average Bonchev–Trinajstić information content (AvgIpc) is 2.53. The summed E-state index contributed by atoms with van der Waals surface area (Å²) in [5, 5.41) is 0. The fourth-order valence-electron chi connectivity index (χ4n) is 2.69. The fourth-order valence-corrected chi connectivity index (χ4v) is 3.30. The van der Waals surface area contributed by atoms with Gasteiger partial charge in [-0.3, -0.25) is 0 Å². The SMILES string of the molecule is BrC1CCN(CC2CCCCC2)C1. The molecule has 1 aliphatic carbocycles. The molecule has 2 fully saturated rings. The van der Waals surface area contributed by atoms with Gasteiger partial charge in [-0.05, 0) is 31.7 Å². The molecule has 0 N–H and O–H groups in total. The van der Waals surface area contributed by atoms with Crippen LogP contribution in [0.5, 0.6) is 0 Å². The van der Waals surface area contributed by atoms with Gasteiger partial charge >= 0.3 is 0 Å². The predicted molar refractivity (Wildman–Crippen MR) is 60.3 cm³/mol. The Morgan fingerprint density at radius 2 is 1.85 bits per heavy atom. The van der Waals surface area contributed by atoms with Crippen LogP contribution >= 0.6 is 15.9 Å². The Morgan fingerprint density at radius 3 is 2.46 bits per heavy atom. The van der Waals surface area contributed by atoms with E-state index in [4.69, 9.17) is 0 Å². The normalized spacial score (nSPS) is 32.5. The largest absolute Gasteiger partial charge is 0.302 e. The van der Waals surface area contributed by atoms with E-state index in [0.717, 1.165) is 10.7 Å². The van der Waals surface area contributed by atoms with Crippen molar-refractivity contribution in [3.05, 3.63) is 0 Å². The van der Waals surface area contributed by atoms with Crippen LogP contribution in [0, 0.1) is 5.92 Å². The Morgan fingerprint density at radius 1 is 1.08 bits per heavy atom. The number of rotatable bonds is 2. The summed E-state index contributed by atoms with van der Waals surface area (Å²) in [5.74, 6) is 1.02. The molecule has 1 unspecified atom stereocenters. The van der Waals surface area contributed by atoms with Gasteiger partial charge in [0.15, 0.2) is 0 Å². The molecule has 0 radical (unpaired) electrons. The number of nitrogens with zero attached hydrogens (tertiary/aromatic N) is 1. The Balaban J connectivity index is 1.71. The molecule has 0 spiro atoms. The second-order valence-corrected chi connectivity index (χ2v) is 5.94. The van der Waals surface area contributed by atoms with Gasteiger partial charge in [0.2, 0.25) is 0 Å². The van der Waals surface area contributed by atoms with Crippen LogP contribution in [0.2, 0.25) is 0 Å². The van der Waals surface area contributed by atoms with Gasteiger partial charge in [0, 0.05) is 17.9 Å². The molecule has 0 aromatic heterocycles. The molecular formula is C11H20BrN. The van der Waals surface area contributed by atoms with Crippen molar-refractivity contribution in [2.45, 2.75) is 43.4 Å². The lowest BCUT2D eigenvalue weighted by Gasteiger charge is -2.26. The maximum absolute atomic E-state index is 3.70. The van der Waals surface area contributed by atoms with E-state index in [1.165, 1.54) is 58.2 Å². The Bertz CT molecular complexity index is 151. The van der Waals surface area contributed by atoms with E-state index < -0.39 is 0 Å². The molecule has 2 aliphatic rings. The minimum absolute atomic E-state index is 0.774. The Labute approximate surface area is 90.0 Å². The smallest absolute Gasteiger partial charge is 0.0285 e. The third-order valence-electron chi connectivity index (χ3n) is 3.46. The first-order valence-electron chi connectivity index (χ1n) is 5.71. The zero-order valence-electron chi connectivity index (χ0n) is 8.34. The van der Waals surface area contributed by atoms with Crippen molar-refractivity contribution in [2.24, 2.45) is 5.92 Å². The molecule has 0 aromatic carbocycles.